The summed E-state index contributed by atoms with van der Waals surface area (Å²) in [4.78, 5) is 0. The van der Waals surface area contributed by atoms with Crippen LogP contribution >= 0.6 is 0 Å². The number of anilines is 1. The van der Waals surface area contributed by atoms with Gasteiger partial charge in [-0.3, -0.25) is 0 Å². The number of aliphatic hydroxyl groups is 1. The fraction of sp³-hybridized carbons (Fsp3) is 0.538. The number of aliphatic hydroxyl groups excluding tert-OH is 1. The highest BCUT2D eigenvalue weighted by Gasteiger charge is 2.10. The molecule has 0 unspecified atom stereocenters. The second-order valence-electron chi connectivity index (χ2n) is 3.97. The molecule has 5 nitrogen and oxygen atoms in total. The lowest BCUT2D eigenvalue weighted by atomic mass is 10.2. The molecule has 5 heteroatoms. The first-order valence-corrected chi connectivity index (χ1v) is 6.22. The van der Waals surface area contributed by atoms with E-state index in [0.717, 1.165) is 23.6 Å². The quantitative estimate of drug-likeness (QED) is 0.748. The van der Waals surface area contributed by atoms with Gasteiger partial charge in [-0.05, 0) is 12.1 Å². The van der Waals surface area contributed by atoms with Crippen LogP contribution in [0.2, 0.25) is 0 Å². The molecule has 100 valence electrons. The molecule has 2 rings (SSSR count). The van der Waals surface area contributed by atoms with Crippen molar-refractivity contribution in [1.29, 1.82) is 0 Å². The number of fused-ring (bicyclic) bond motifs is 1. The Morgan fingerprint density at radius 2 is 2.00 bits per heavy atom. The van der Waals surface area contributed by atoms with Crippen molar-refractivity contribution in [3.63, 3.8) is 0 Å². The molecular formula is C13H19NO4. The first kappa shape index (κ1) is 13.0. The third kappa shape index (κ3) is 3.78. The Hall–Kier alpha value is -1.46. The number of rotatable bonds is 6. The monoisotopic (exact) mass is 253 g/mol. The predicted molar refractivity (Wildman–Crippen MR) is 68.4 cm³/mol. The first-order chi connectivity index (χ1) is 8.90. The van der Waals surface area contributed by atoms with E-state index < -0.39 is 0 Å². The average molecular weight is 253 g/mol. The molecule has 0 amide bonds. The molecule has 1 aliphatic heterocycles. The molecule has 0 radical (unpaired) electrons. The van der Waals surface area contributed by atoms with Crippen molar-refractivity contribution in [2.24, 2.45) is 0 Å². The molecule has 2 N–H and O–H groups in total. The number of nitrogens with one attached hydrogen (secondary N) is 1. The van der Waals surface area contributed by atoms with Crippen LogP contribution in [0.15, 0.2) is 18.2 Å². The SMILES string of the molecule is OCCOCCNc1ccc2c(c1)OCCCO2. The van der Waals surface area contributed by atoms with Crippen LogP contribution in [-0.2, 0) is 4.74 Å². The lowest BCUT2D eigenvalue weighted by molar-refractivity contribution is 0.0992. The highest BCUT2D eigenvalue weighted by molar-refractivity contribution is 5.54. The molecule has 0 atom stereocenters. The average Bonchev–Trinajstić information content (AvgIpc) is 2.63. The Morgan fingerprint density at radius 1 is 1.17 bits per heavy atom. The molecule has 1 heterocycles. The molecule has 1 aliphatic rings. The number of hydrogen-bond donors (Lipinski definition) is 2. The number of ether oxygens (including phenoxy) is 3. The molecule has 0 saturated carbocycles. The van der Waals surface area contributed by atoms with Crippen LogP contribution in [0.1, 0.15) is 6.42 Å². The molecule has 0 aromatic heterocycles. The van der Waals surface area contributed by atoms with Gasteiger partial charge in [0, 0.05) is 24.7 Å². The lowest BCUT2D eigenvalue weighted by Gasteiger charge is -2.11. The van der Waals surface area contributed by atoms with Crippen LogP contribution in [0.25, 0.3) is 0 Å². The van der Waals surface area contributed by atoms with Crippen molar-refractivity contribution in [1.82, 2.24) is 0 Å². The molecular weight excluding hydrogens is 234 g/mol. The Balaban J connectivity index is 1.84. The summed E-state index contributed by atoms with van der Waals surface area (Å²) in [6.07, 6.45) is 0.909. The fourth-order valence-electron chi connectivity index (χ4n) is 1.71. The van der Waals surface area contributed by atoms with Gasteiger partial charge in [0.15, 0.2) is 11.5 Å². The van der Waals surface area contributed by atoms with Gasteiger partial charge in [0.05, 0.1) is 33.0 Å². The van der Waals surface area contributed by atoms with E-state index >= 15 is 0 Å². The smallest absolute Gasteiger partial charge is 0.163 e. The summed E-state index contributed by atoms with van der Waals surface area (Å²) in [5.74, 6) is 1.59. The van der Waals surface area contributed by atoms with Gasteiger partial charge < -0.3 is 24.6 Å². The topological polar surface area (TPSA) is 60.0 Å². The van der Waals surface area contributed by atoms with Crippen molar-refractivity contribution in [2.45, 2.75) is 6.42 Å². The molecule has 0 saturated heterocycles. The Labute approximate surface area is 107 Å². The van der Waals surface area contributed by atoms with Crippen LogP contribution in [-0.4, -0.2) is 44.7 Å². The van der Waals surface area contributed by atoms with Crippen LogP contribution in [0.5, 0.6) is 11.5 Å². The van der Waals surface area contributed by atoms with E-state index in [1.54, 1.807) is 0 Å². The second kappa shape index (κ2) is 7.08. The van der Waals surface area contributed by atoms with Crippen molar-refractivity contribution < 1.29 is 19.3 Å². The van der Waals surface area contributed by atoms with Crippen molar-refractivity contribution in [3.05, 3.63) is 18.2 Å². The summed E-state index contributed by atoms with van der Waals surface area (Å²) < 4.78 is 16.3. The van der Waals surface area contributed by atoms with E-state index in [4.69, 9.17) is 19.3 Å². The number of hydrogen-bond acceptors (Lipinski definition) is 5. The van der Waals surface area contributed by atoms with Gasteiger partial charge in [-0.2, -0.15) is 0 Å². The Kier molecular flexibility index (Phi) is 5.11. The van der Waals surface area contributed by atoms with Crippen molar-refractivity contribution in [2.75, 3.05) is 44.9 Å². The lowest BCUT2D eigenvalue weighted by Crippen LogP contribution is -2.11. The van der Waals surface area contributed by atoms with Crippen LogP contribution in [0.4, 0.5) is 5.69 Å². The van der Waals surface area contributed by atoms with Gasteiger partial charge in [0.2, 0.25) is 0 Å². The Bertz CT molecular complexity index is 370. The zero-order chi connectivity index (χ0) is 12.6. The van der Waals surface area contributed by atoms with Gasteiger partial charge in [0.25, 0.3) is 0 Å². The molecule has 1 aromatic rings. The van der Waals surface area contributed by atoms with Gasteiger partial charge in [0.1, 0.15) is 0 Å². The summed E-state index contributed by atoms with van der Waals surface area (Å²) in [6, 6.07) is 5.81. The molecule has 1 aromatic carbocycles. The van der Waals surface area contributed by atoms with Gasteiger partial charge in [-0.25, -0.2) is 0 Å². The normalized spacial score (nSPS) is 14.1. The minimum absolute atomic E-state index is 0.0595. The fourth-order valence-corrected chi connectivity index (χ4v) is 1.71. The van der Waals surface area contributed by atoms with E-state index in [9.17, 15) is 0 Å². The molecule has 18 heavy (non-hydrogen) atoms. The van der Waals surface area contributed by atoms with E-state index in [-0.39, 0.29) is 6.61 Å². The highest BCUT2D eigenvalue weighted by atomic mass is 16.5. The van der Waals surface area contributed by atoms with Crippen LogP contribution in [0.3, 0.4) is 0 Å². The summed E-state index contributed by atoms with van der Waals surface area (Å²) in [5, 5.41) is 11.8. The van der Waals surface area contributed by atoms with Crippen LogP contribution < -0.4 is 14.8 Å². The van der Waals surface area contributed by atoms with E-state index in [1.165, 1.54) is 0 Å². The van der Waals surface area contributed by atoms with Crippen LogP contribution in [0, 0.1) is 0 Å². The van der Waals surface area contributed by atoms with Gasteiger partial charge >= 0.3 is 0 Å². The summed E-state index contributed by atoms with van der Waals surface area (Å²) in [6.45, 7) is 3.09. The molecule has 0 aliphatic carbocycles. The zero-order valence-electron chi connectivity index (χ0n) is 10.4. The Morgan fingerprint density at radius 3 is 2.83 bits per heavy atom. The molecule has 0 bridgehead atoms. The zero-order valence-corrected chi connectivity index (χ0v) is 10.4. The first-order valence-electron chi connectivity index (χ1n) is 6.22. The molecule has 0 fully saturated rings. The highest BCUT2D eigenvalue weighted by Crippen LogP contribution is 2.32. The maximum atomic E-state index is 8.57. The maximum Gasteiger partial charge on any atom is 0.163 e. The number of benzene rings is 1. The summed E-state index contributed by atoms with van der Waals surface area (Å²) >= 11 is 0. The third-order valence-electron chi connectivity index (χ3n) is 2.56. The van der Waals surface area contributed by atoms with E-state index in [0.29, 0.717) is 33.0 Å². The van der Waals surface area contributed by atoms with E-state index in [2.05, 4.69) is 5.32 Å². The summed E-state index contributed by atoms with van der Waals surface area (Å²) in [7, 11) is 0. The van der Waals surface area contributed by atoms with E-state index in [1.807, 2.05) is 18.2 Å². The van der Waals surface area contributed by atoms with Gasteiger partial charge in [-0.1, -0.05) is 0 Å². The minimum atomic E-state index is 0.0595. The van der Waals surface area contributed by atoms with Gasteiger partial charge in [-0.15, -0.1) is 0 Å². The second-order valence-corrected chi connectivity index (χ2v) is 3.97. The largest absolute Gasteiger partial charge is 0.490 e. The maximum absolute atomic E-state index is 8.57. The predicted octanol–water partition coefficient (Wildman–Crippen LogP) is 1.27. The standard InChI is InChI=1S/C13H19NO4/c15-5-9-16-8-4-14-11-2-3-12-13(10-11)18-7-1-6-17-12/h2-3,10,14-15H,1,4-9H2. The minimum Gasteiger partial charge on any atom is -0.490 e. The van der Waals surface area contributed by atoms with Crippen molar-refractivity contribution >= 4 is 5.69 Å². The van der Waals surface area contributed by atoms with Crippen molar-refractivity contribution in [3.8, 4) is 11.5 Å². The molecule has 0 spiro atoms. The summed E-state index contributed by atoms with van der Waals surface area (Å²) in [5.41, 5.74) is 0.979. The third-order valence-corrected chi connectivity index (χ3v) is 2.56.